The average molecular weight is 234 g/mol. The van der Waals surface area contributed by atoms with Gasteiger partial charge in [0.15, 0.2) is 0 Å². The van der Waals surface area contributed by atoms with Gasteiger partial charge < -0.3 is 10.8 Å². The molecule has 1 fully saturated rings. The molecule has 1 aromatic heterocycles. The number of aromatic nitrogens is 1. The molecule has 0 amide bonds. The minimum atomic E-state index is -0.840. The molecule has 3 N–H and O–H groups in total. The quantitative estimate of drug-likeness (QED) is 0.785. The number of pyridine rings is 1. The fraction of sp³-hybridized carbons (Fsp3) is 0.643. The van der Waals surface area contributed by atoms with E-state index in [9.17, 15) is 5.11 Å². The Hall–Kier alpha value is -1.09. The van der Waals surface area contributed by atoms with Crippen LogP contribution in [0.1, 0.15) is 50.7 Å². The summed E-state index contributed by atoms with van der Waals surface area (Å²) < 4.78 is 0. The number of hydrogen-bond donors (Lipinski definition) is 2. The van der Waals surface area contributed by atoms with Crippen LogP contribution in [0.15, 0.2) is 12.3 Å². The highest BCUT2D eigenvalue weighted by molar-refractivity contribution is 5.49. The largest absolute Gasteiger partial charge is 0.384 e. The minimum Gasteiger partial charge on any atom is -0.384 e. The van der Waals surface area contributed by atoms with Gasteiger partial charge in [-0.05, 0) is 36.8 Å². The molecule has 1 aliphatic carbocycles. The summed E-state index contributed by atoms with van der Waals surface area (Å²) in [7, 11) is 0. The summed E-state index contributed by atoms with van der Waals surface area (Å²) in [6.45, 7) is 6.24. The van der Waals surface area contributed by atoms with Crippen LogP contribution in [0.25, 0.3) is 0 Å². The van der Waals surface area contributed by atoms with Gasteiger partial charge in [-0.2, -0.15) is 0 Å². The van der Waals surface area contributed by atoms with Crippen LogP contribution >= 0.6 is 0 Å². The molecule has 2 rings (SSSR count). The van der Waals surface area contributed by atoms with E-state index in [1.54, 1.807) is 6.20 Å². The second-order valence-electron chi connectivity index (χ2n) is 5.84. The Morgan fingerprint density at radius 1 is 1.29 bits per heavy atom. The highest BCUT2D eigenvalue weighted by Crippen LogP contribution is 2.51. The first-order valence-corrected chi connectivity index (χ1v) is 6.32. The van der Waals surface area contributed by atoms with Crippen LogP contribution in [0.3, 0.4) is 0 Å². The number of nitrogens with zero attached hydrogens (tertiary/aromatic N) is 1. The van der Waals surface area contributed by atoms with Gasteiger partial charge in [-0.3, -0.25) is 0 Å². The lowest BCUT2D eigenvalue weighted by atomic mass is 9.62. The first-order valence-electron chi connectivity index (χ1n) is 6.32. The van der Waals surface area contributed by atoms with Gasteiger partial charge in [0.25, 0.3) is 0 Å². The molecule has 3 nitrogen and oxygen atoms in total. The van der Waals surface area contributed by atoms with Crippen molar-refractivity contribution < 1.29 is 5.11 Å². The fourth-order valence-electron chi connectivity index (χ4n) is 3.07. The SMILES string of the molecule is Cc1ccnc(N)c1C1(O)CCCCC1(C)C. The van der Waals surface area contributed by atoms with Crippen molar-refractivity contribution in [3.63, 3.8) is 0 Å². The summed E-state index contributed by atoms with van der Waals surface area (Å²) in [4.78, 5) is 4.14. The molecule has 1 heterocycles. The number of hydrogen-bond acceptors (Lipinski definition) is 3. The predicted octanol–water partition coefficient (Wildman–Crippen LogP) is 2.76. The Labute approximate surface area is 103 Å². The highest BCUT2D eigenvalue weighted by atomic mass is 16.3. The summed E-state index contributed by atoms with van der Waals surface area (Å²) in [5.41, 5.74) is 6.88. The van der Waals surface area contributed by atoms with E-state index in [1.165, 1.54) is 6.42 Å². The summed E-state index contributed by atoms with van der Waals surface area (Å²) in [5, 5.41) is 11.1. The van der Waals surface area contributed by atoms with Gasteiger partial charge >= 0.3 is 0 Å². The minimum absolute atomic E-state index is 0.146. The monoisotopic (exact) mass is 234 g/mol. The highest BCUT2D eigenvalue weighted by Gasteiger charge is 2.48. The molecule has 0 radical (unpaired) electrons. The maximum absolute atomic E-state index is 11.1. The zero-order chi connectivity index (χ0) is 12.7. The molecular formula is C14H22N2O. The zero-order valence-electron chi connectivity index (χ0n) is 11.0. The van der Waals surface area contributed by atoms with Gasteiger partial charge in [-0.15, -0.1) is 0 Å². The van der Waals surface area contributed by atoms with Crippen LogP contribution in [-0.2, 0) is 5.60 Å². The molecule has 1 aliphatic rings. The van der Waals surface area contributed by atoms with Crippen LogP contribution in [0, 0.1) is 12.3 Å². The van der Waals surface area contributed by atoms with E-state index >= 15 is 0 Å². The van der Waals surface area contributed by atoms with E-state index in [-0.39, 0.29) is 5.41 Å². The molecule has 1 unspecified atom stereocenters. The smallest absolute Gasteiger partial charge is 0.129 e. The number of aryl methyl sites for hydroxylation is 1. The van der Waals surface area contributed by atoms with E-state index < -0.39 is 5.60 Å². The first kappa shape index (κ1) is 12.4. The molecule has 0 bridgehead atoms. The molecule has 0 aromatic carbocycles. The Morgan fingerprint density at radius 3 is 2.53 bits per heavy atom. The lowest BCUT2D eigenvalue weighted by Gasteiger charge is -2.47. The zero-order valence-corrected chi connectivity index (χ0v) is 11.0. The molecule has 1 saturated carbocycles. The van der Waals surface area contributed by atoms with E-state index in [0.29, 0.717) is 5.82 Å². The van der Waals surface area contributed by atoms with Crippen molar-refractivity contribution in [2.75, 3.05) is 5.73 Å². The maximum Gasteiger partial charge on any atom is 0.129 e. The van der Waals surface area contributed by atoms with Crippen LogP contribution < -0.4 is 5.73 Å². The molecule has 0 saturated heterocycles. The summed E-state index contributed by atoms with van der Waals surface area (Å²) in [5.74, 6) is 0.475. The van der Waals surface area contributed by atoms with Gasteiger partial charge in [0.05, 0.1) is 5.60 Å². The Bertz CT molecular complexity index is 408. The van der Waals surface area contributed by atoms with E-state index in [1.807, 2.05) is 13.0 Å². The van der Waals surface area contributed by atoms with E-state index in [2.05, 4.69) is 18.8 Å². The standard InChI is InChI=1S/C14H22N2O/c1-10-6-9-16-12(15)11(10)14(17)8-5-4-7-13(14,2)3/h6,9,17H,4-5,7-8H2,1-3H3,(H2,15,16). The van der Waals surface area contributed by atoms with Gasteiger partial charge in [0.1, 0.15) is 5.82 Å². The number of aliphatic hydroxyl groups is 1. The third-order valence-corrected chi connectivity index (χ3v) is 4.31. The lowest BCUT2D eigenvalue weighted by molar-refractivity contribution is -0.103. The van der Waals surface area contributed by atoms with E-state index in [0.717, 1.165) is 30.4 Å². The van der Waals surface area contributed by atoms with Crippen LogP contribution in [0.5, 0.6) is 0 Å². The second kappa shape index (κ2) is 3.98. The first-order chi connectivity index (χ1) is 7.88. The molecule has 94 valence electrons. The second-order valence-corrected chi connectivity index (χ2v) is 5.84. The van der Waals surface area contributed by atoms with Crippen molar-refractivity contribution in [1.82, 2.24) is 4.98 Å². The summed E-state index contributed by atoms with van der Waals surface area (Å²) in [6, 6.07) is 1.92. The van der Waals surface area contributed by atoms with Gasteiger partial charge in [-0.25, -0.2) is 4.98 Å². The molecule has 1 atom stereocenters. The molecule has 1 aromatic rings. The molecule has 0 spiro atoms. The Morgan fingerprint density at radius 2 is 1.94 bits per heavy atom. The van der Waals surface area contributed by atoms with Crippen molar-refractivity contribution >= 4 is 5.82 Å². The maximum atomic E-state index is 11.1. The molecular weight excluding hydrogens is 212 g/mol. The summed E-state index contributed by atoms with van der Waals surface area (Å²) in [6.07, 6.45) is 5.73. The molecule has 17 heavy (non-hydrogen) atoms. The Balaban J connectivity index is 2.57. The fourth-order valence-corrected chi connectivity index (χ4v) is 3.07. The van der Waals surface area contributed by atoms with Crippen molar-refractivity contribution in [2.24, 2.45) is 5.41 Å². The number of anilines is 1. The van der Waals surface area contributed by atoms with Crippen molar-refractivity contribution in [3.05, 3.63) is 23.4 Å². The van der Waals surface area contributed by atoms with E-state index in [4.69, 9.17) is 5.73 Å². The average Bonchev–Trinajstić information content (AvgIpc) is 2.22. The van der Waals surface area contributed by atoms with Crippen molar-refractivity contribution in [3.8, 4) is 0 Å². The predicted molar refractivity (Wildman–Crippen MR) is 69.5 cm³/mol. The number of rotatable bonds is 1. The summed E-state index contributed by atoms with van der Waals surface area (Å²) >= 11 is 0. The molecule has 0 aliphatic heterocycles. The topological polar surface area (TPSA) is 59.1 Å². The molecule has 3 heteroatoms. The third kappa shape index (κ3) is 1.82. The van der Waals surface area contributed by atoms with Crippen LogP contribution in [-0.4, -0.2) is 10.1 Å². The normalized spacial score (nSPS) is 28.0. The van der Waals surface area contributed by atoms with Gasteiger partial charge in [0, 0.05) is 11.8 Å². The van der Waals surface area contributed by atoms with Crippen LogP contribution in [0.4, 0.5) is 5.82 Å². The van der Waals surface area contributed by atoms with Gasteiger partial charge in [-0.1, -0.05) is 26.7 Å². The number of nitrogen functional groups attached to an aromatic ring is 1. The van der Waals surface area contributed by atoms with Gasteiger partial charge in [0.2, 0.25) is 0 Å². The van der Waals surface area contributed by atoms with Crippen molar-refractivity contribution in [2.45, 2.75) is 52.1 Å². The van der Waals surface area contributed by atoms with Crippen molar-refractivity contribution in [1.29, 1.82) is 0 Å². The third-order valence-electron chi connectivity index (χ3n) is 4.31. The Kier molecular flexibility index (Phi) is 2.90. The van der Waals surface area contributed by atoms with Crippen LogP contribution in [0.2, 0.25) is 0 Å². The number of nitrogens with two attached hydrogens (primary N) is 1. The lowest BCUT2D eigenvalue weighted by Crippen LogP contribution is -2.45.